The van der Waals surface area contributed by atoms with E-state index in [2.05, 4.69) is 55.5 Å². The van der Waals surface area contributed by atoms with Gasteiger partial charge in [-0.15, -0.1) is 0 Å². The van der Waals surface area contributed by atoms with Gasteiger partial charge in [0.25, 0.3) is 0 Å². The molecule has 1 unspecified atom stereocenters. The van der Waals surface area contributed by atoms with Crippen LogP contribution >= 0.6 is 0 Å². The third-order valence-electron chi connectivity index (χ3n) is 3.83. The molecule has 0 aliphatic carbocycles. The van der Waals surface area contributed by atoms with E-state index in [1.165, 1.54) is 11.1 Å². The van der Waals surface area contributed by atoms with Crippen LogP contribution in [0.15, 0.2) is 60.7 Å². The fourth-order valence-electron chi connectivity index (χ4n) is 2.83. The monoisotopic (exact) mass is 282 g/mol. The van der Waals surface area contributed by atoms with Gasteiger partial charge in [0.1, 0.15) is 0 Å². The molecule has 0 aromatic heterocycles. The van der Waals surface area contributed by atoms with Crippen molar-refractivity contribution in [3.63, 3.8) is 0 Å². The molecule has 0 saturated heterocycles. The number of rotatable bonds is 7. The lowest BCUT2D eigenvalue weighted by atomic mass is 9.86. The average molecular weight is 282 g/mol. The Bertz CT molecular complexity index is 520. The van der Waals surface area contributed by atoms with Gasteiger partial charge in [0.05, 0.1) is 0 Å². The lowest BCUT2D eigenvalue weighted by molar-refractivity contribution is 0.376. The minimum absolute atomic E-state index is 0.143. The molecule has 0 heterocycles. The Hall–Kier alpha value is -1.64. The van der Waals surface area contributed by atoms with Crippen LogP contribution in [0.1, 0.15) is 30.9 Å². The van der Waals surface area contributed by atoms with Gasteiger partial charge >= 0.3 is 0 Å². The molecule has 2 aromatic rings. The van der Waals surface area contributed by atoms with Crippen molar-refractivity contribution in [2.45, 2.75) is 44.2 Å². The second kappa shape index (κ2) is 7.39. The Labute approximate surface area is 128 Å². The molecular formula is C19H26N2. The quantitative estimate of drug-likeness (QED) is 0.818. The Balaban J connectivity index is 1.82. The van der Waals surface area contributed by atoms with E-state index in [9.17, 15) is 0 Å². The molecule has 2 rings (SSSR count). The van der Waals surface area contributed by atoms with Crippen LogP contribution in [0.4, 0.5) is 0 Å². The van der Waals surface area contributed by atoms with Crippen LogP contribution in [-0.4, -0.2) is 11.6 Å². The standard InChI is InChI=1S/C19H26N2/c1-19(21,14-17-10-6-3-7-11-17)15-18(20)13-12-16-8-4-2-5-9-16/h2-11,18H,12-15,20-21H2,1H3/t18-,19?/m1/s1. The molecule has 2 aromatic carbocycles. The zero-order chi connectivity index (χ0) is 15.1. The molecule has 2 nitrogen and oxygen atoms in total. The molecule has 0 radical (unpaired) electrons. The van der Waals surface area contributed by atoms with Crippen LogP contribution in [0.2, 0.25) is 0 Å². The van der Waals surface area contributed by atoms with Crippen LogP contribution in [0, 0.1) is 0 Å². The molecule has 4 N–H and O–H groups in total. The van der Waals surface area contributed by atoms with E-state index in [4.69, 9.17) is 11.5 Å². The first kappa shape index (κ1) is 15.7. The van der Waals surface area contributed by atoms with Gasteiger partial charge in [-0.3, -0.25) is 0 Å². The zero-order valence-electron chi connectivity index (χ0n) is 12.8. The van der Waals surface area contributed by atoms with Crippen molar-refractivity contribution in [1.82, 2.24) is 0 Å². The van der Waals surface area contributed by atoms with Crippen molar-refractivity contribution in [3.8, 4) is 0 Å². The van der Waals surface area contributed by atoms with Crippen LogP contribution < -0.4 is 11.5 Å². The molecule has 0 fully saturated rings. The molecule has 0 spiro atoms. The highest BCUT2D eigenvalue weighted by Gasteiger charge is 2.22. The highest BCUT2D eigenvalue weighted by Crippen LogP contribution is 2.17. The van der Waals surface area contributed by atoms with E-state index in [0.29, 0.717) is 0 Å². The van der Waals surface area contributed by atoms with E-state index in [1.807, 2.05) is 12.1 Å². The third-order valence-corrected chi connectivity index (χ3v) is 3.83. The predicted molar refractivity (Wildman–Crippen MR) is 90.1 cm³/mol. The van der Waals surface area contributed by atoms with Crippen molar-refractivity contribution in [2.75, 3.05) is 0 Å². The lowest BCUT2D eigenvalue weighted by Crippen LogP contribution is -2.44. The summed E-state index contributed by atoms with van der Waals surface area (Å²) in [7, 11) is 0. The van der Waals surface area contributed by atoms with E-state index in [-0.39, 0.29) is 11.6 Å². The maximum absolute atomic E-state index is 6.44. The maximum atomic E-state index is 6.44. The molecule has 0 aliphatic rings. The van der Waals surface area contributed by atoms with Crippen molar-refractivity contribution in [2.24, 2.45) is 11.5 Å². The van der Waals surface area contributed by atoms with Crippen LogP contribution in [-0.2, 0) is 12.8 Å². The van der Waals surface area contributed by atoms with Crippen molar-refractivity contribution >= 4 is 0 Å². The van der Waals surface area contributed by atoms with Crippen LogP contribution in [0.25, 0.3) is 0 Å². The smallest absolute Gasteiger partial charge is 0.0181 e. The summed E-state index contributed by atoms with van der Waals surface area (Å²) in [5.41, 5.74) is 15.1. The first-order chi connectivity index (χ1) is 10.1. The van der Waals surface area contributed by atoms with E-state index in [0.717, 1.165) is 25.7 Å². The highest BCUT2D eigenvalue weighted by atomic mass is 14.8. The molecule has 0 amide bonds. The van der Waals surface area contributed by atoms with Gasteiger partial charge in [-0.1, -0.05) is 60.7 Å². The zero-order valence-corrected chi connectivity index (χ0v) is 12.8. The van der Waals surface area contributed by atoms with Gasteiger partial charge < -0.3 is 11.5 Å². The Kier molecular flexibility index (Phi) is 5.54. The normalized spacial score (nSPS) is 15.4. The van der Waals surface area contributed by atoms with Gasteiger partial charge in [-0.05, 0) is 43.7 Å². The Morgan fingerprint density at radius 2 is 1.43 bits per heavy atom. The molecule has 0 aliphatic heterocycles. The van der Waals surface area contributed by atoms with Gasteiger partial charge in [-0.2, -0.15) is 0 Å². The minimum Gasteiger partial charge on any atom is -0.328 e. The van der Waals surface area contributed by atoms with E-state index >= 15 is 0 Å². The molecular weight excluding hydrogens is 256 g/mol. The number of aryl methyl sites for hydroxylation is 1. The summed E-state index contributed by atoms with van der Waals surface area (Å²) >= 11 is 0. The van der Waals surface area contributed by atoms with E-state index < -0.39 is 0 Å². The maximum Gasteiger partial charge on any atom is 0.0181 e. The largest absolute Gasteiger partial charge is 0.328 e. The predicted octanol–water partition coefficient (Wildman–Crippen LogP) is 3.30. The topological polar surface area (TPSA) is 52.0 Å². The molecule has 112 valence electrons. The van der Waals surface area contributed by atoms with Crippen LogP contribution in [0.5, 0.6) is 0 Å². The number of hydrogen-bond donors (Lipinski definition) is 2. The summed E-state index contributed by atoms with van der Waals surface area (Å²) < 4.78 is 0. The molecule has 0 bridgehead atoms. The molecule has 0 saturated carbocycles. The lowest BCUT2D eigenvalue weighted by Gasteiger charge is -2.28. The van der Waals surface area contributed by atoms with Crippen LogP contribution in [0.3, 0.4) is 0 Å². The summed E-state index contributed by atoms with van der Waals surface area (Å²) in [4.78, 5) is 0. The average Bonchev–Trinajstić information content (AvgIpc) is 2.46. The highest BCUT2D eigenvalue weighted by molar-refractivity contribution is 5.18. The van der Waals surface area contributed by atoms with Crippen molar-refractivity contribution < 1.29 is 0 Å². The second-order valence-electron chi connectivity index (χ2n) is 6.30. The summed E-state index contributed by atoms with van der Waals surface area (Å²) in [5.74, 6) is 0. The van der Waals surface area contributed by atoms with Crippen molar-refractivity contribution in [3.05, 3.63) is 71.8 Å². The van der Waals surface area contributed by atoms with E-state index in [1.54, 1.807) is 0 Å². The second-order valence-corrected chi connectivity index (χ2v) is 6.30. The minimum atomic E-state index is -0.253. The Morgan fingerprint density at radius 3 is 2.00 bits per heavy atom. The number of nitrogens with two attached hydrogens (primary N) is 2. The first-order valence-electron chi connectivity index (χ1n) is 7.67. The summed E-state index contributed by atoms with van der Waals surface area (Å²) in [6.45, 7) is 2.10. The molecule has 21 heavy (non-hydrogen) atoms. The summed E-state index contributed by atoms with van der Waals surface area (Å²) in [5, 5.41) is 0. The van der Waals surface area contributed by atoms with Gasteiger partial charge in [-0.25, -0.2) is 0 Å². The summed E-state index contributed by atoms with van der Waals surface area (Å²) in [6, 6.07) is 21.0. The SMILES string of the molecule is CC(N)(Cc1ccccc1)C[C@H](N)CCc1ccccc1. The van der Waals surface area contributed by atoms with Gasteiger partial charge in [0, 0.05) is 11.6 Å². The fraction of sp³-hybridized carbons (Fsp3) is 0.368. The Morgan fingerprint density at radius 1 is 0.905 bits per heavy atom. The molecule has 2 atom stereocenters. The fourth-order valence-corrected chi connectivity index (χ4v) is 2.83. The van der Waals surface area contributed by atoms with Gasteiger partial charge in [0.2, 0.25) is 0 Å². The van der Waals surface area contributed by atoms with Gasteiger partial charge in [0.15, 0.2) is 0 Å². The summed E-state index contributed by atoms with van der Waals surface area (Å²) in [6.07, 6.45) is 3.70. The first-order valence-corrected chi connectivity index (χ1v) is 7.67. The van der Waals surface area contributed by atoms with Crippen molar-refractivity contribution in [1.29, 1.82) is 0 Å². The number of benzene rings is 2. The molecule has 2 heteroatoms. The third kappa shape index (κ3) is 5.70. The number of hydrogen-bond acceptors (Lipinski definition) is 2.